The molecule has 0 aromatic heterocycles. The SMILES string of the molecule is C[C@@H](CO)C[C@H](O)[C@H](CC1CCCCC1)NC(=O)OC(C)(C)C. The number of ether oxygens (including phenoxy) is 1. The molecule has 1 fully saturated rings. The Balaban J connectivity index is 2.64. The van der Waals surface area contributed by atoms with Gasteiger partial charge in [-0.2, -0.15) is 0 Å². The molecule has 0 radical (unpaired) electrons. The van der Waals surface area contributed by atoms with Gasteiger partial charge in [-0.25, -0.2) is 4.79 Å². The molecule has 1 amide bonds. The van der Waals surface area contributed by atoms with E-state index in [2.05, 4.69) is 5.32 Å². The molecule has 0 saturated heterocycles. The third-order valence-electron chi connectivity index (χ3n) is 4.43. The number of hydrogen-bond acceptors (Lipinski definition) is 4. The van der Waals surface area contributed by atoms with Gasteiger partial charge in [-0.3, -0.25) is 0 Å². The molecule has 3 atom stereocenters. The summed E-state index contributed by atoms with van der Waals surface area (Å²) >= 11 is 0. The van der Waals surface area contributed by atoms with Crippen LogP contribution in [0.2, 0.25) is 0 Å². The van der Waals surface area contributed by atoms with Crippen molar-refractivity contribution in [1.29, 1.82) is 0 Å². The Bertz CT molecular complexity index is 347. The molecule has 1 aliphatic rings. The largest absolute Gasteiger partial charge is 0.444 e. The van der Waals surface area contributed by atoms with E-state index in [9.17, 15) is 15.0 Å². The first kappa shape index (κ1) is 20.2. The van der Waals surface area contributed by atoms with Gasteiger partial charge < -0.3 is 20.3 Å². The van der Waals surface area contributed by atoms with Gasteiger partial charge in [0, 0.05) is 6.61 Å². The predicted octanol–water partition coefficient (Wildman–Crippen LogP) is 3.23. The van der Waals surface area contributed by atoms with Crippen molar-refractivity contribution in [3.05, 3.63) is 0 Å². The van der Waals surface area contributed by atoms with E-state index in [0.717, 1.165) is 19.3 Å². The van der Waals surface area contributed by atoms with Crippen LogP contribution < -0.4 is 5.32 Å². The van der Waals surface area contributed by atoms with Crippen molar-refractivity contribution < 1.29 is 19.7 Å². The van der Waals surface area contributed by atoms with E-state index >= 15 is 0 Å². The molecule has 0 aromatic carbocycles. The molecule has 1 aliphatic carbocycles. The average Bonchev–Trinajstić information content (AvgIpc) is 2.45. The monoisotopic (exact) mass is 329 g/mol. The highest BCUT2D eigenvalue weighted by Crippen LogP contribution is 2.29. The fourth-order valence-electron chi connectivity index (χ4n) is 3.20. The molecule has 0 heterocycles. The minimum Gasteiger partial charge on any atom is -0.444 e. The van der Waals surface area contributed by atoms with Crippen LogP contribution in [0.3, 0.4) is 0 Å². The van der Waals surface area contributed by atoms with Gasteiger partial charge in [-0.1, -0.05) is 39.0 Å². The van der Waals surface area contributed by atoms with E-state index in [0.29, 0.717) is 12.3 Å². The van der Waals surface area contributed by atoms with E-state index in [1.807, 2.05) is 27.7 Å². The van der Waals surface area contributed by atoms with E-state index in [4.69, 9.17) is 4.74 Å². The molecule has 0 unspecified atom stereocenters. The minimum atomic E-state index is -0.661. The molecule has 1 rings (SSSR count). The quantitative estimate of drug-likeness (QED) is 0.670. The molecular weight excluding hydrogens is 294 g/mol. The van der Waals surface area contributed by atoms with Crippen LogP contribution in [-0.4, -0.2) is 40.7 Å². The summed E-state index contributed by atoms with van der Waals surface area (Å²) in [6.07, 6.45) is 6.18. The highest BCUT2D eigenvalue weighted by Gasteiger charge is 2.28. The number of carbonyl (C=O) groups excluding carboxylic acids is 1. The Morgan fingerprint density at radius 3 is 2.39 bits per heavy atom. The number of nitrogens with one attached hydrogen (secondary N) is 1. The van der Waals surface area contributed by atoms with Crippen molar-refractivity contribution in [1.82, 2.24) is 5.32 Å². The molecule has 0 aliphatic heterocycles. The van der Waals surface area contributed by atoms with E-state index in [1.54, 1.807) is 0 Å². The number of carbonyl (C=O) groups is 1. The van der Waals surface area contributed by atoms with Gasteiger partial charge in [-0.15, -0.1) is 0 Å². The van der Waals surface area contributed by atoms with Gasteiger partial charge in [0.05, 0.1) is 12.1 Å². The molecule has 0 spiro atoms. The lowest BCUT2D eigenvalue weighted by Crippen LogP contribution is -2.47. The Labute approximate surface area is 140 Å². The number of aliphatic hydroxyl groups excluding tert-OH is 2. The van der Waals surface area contributed by atoms with E-state index in [-0.39, 0.29) is 18.6 Å². The molecule has 5 heteroatoms. The van der Waals surface area contributed by atoms with Crippen molar-refractivity contribution >= 4 is 6.09 Å². The zero-order valence-electron chi connectivity index (χ0n) is 15.2. The summed E-state index contributed by atoms with van der Waals surface area (Å²) in [7, 11) is 0. The van der Waals surface area contributed by atoms with E-state index < -0.39 is 17.8 Å². The Morgan fingerprint density at radius 2 is 1.87 bits per heavy atom. The molecule has 136 valence electrons. The van der Waals surface area contributed by atoms with Crippen molar-refractivity contribution in [3.63, 3.8) is 0 Å². The molecule has 23 heavy (non-hydrogen) atoms. The second-order valence-electron chi connectivity index (χ2n) is 8.08. The summed E-state index contributed by atoms with van der Waals surface area (Å²) in [5, 5.41) is 22.6. The number of alkyl carbamates (subject to hydrolysis) is 1. The zero-order chi connectivity index (χ0) is 17.5. The lowest BCUT2D eigenvalue weighted by molar-refractivity contribution is 0.0339. The first-order chi connectivity index (χ1) is 10.7. The lowest BCUT2D eigenvalue weighted by atomic mass is 9.82. The van der Waals surface area contributed by atoms with Crippen molar-refractivity contribution in [2.45, 2.75) is 90.4 Å². The first-order valence-corrected chi connectivity index (χ1v) is 8.99. The molecule has 0 bridgehead atoms. The van der Waals surface area contributed by atoms with Gasteiger partial charge in [0.25, 0.3) is 0 Å². The summed E-state index contributed by atoms with van der Waals surface area (Å²) in [4.78, 5) is 12.1. The van der Waals surface area contributed by atoms with Gasteiger partial charge in [0.2, 0.25) is 0 Å². The topological polar surface area (TPSA) is 78.8 Å². The summed E-state index contributed by atoms with van der Waals surface area (Å²) in [5.74, 6) is 0.557. The zero-order valence-corrected chi connectivity index (χ0v) is 15.2. The van der Waals surface area contributed by atoms with Crippen molar-refractivity contribution in [3.8, 4) is 0 Å². The van der Waals surface area contributed by atoms with Gasteiger partial charge in [0.1, 0.15) is 5.60 Å². The number of amides is 1. The normalized spacial score (nSPS) is 20.6. The van der Waals surface area contributed by atoms with Gasteiger partial charge in [0.15, 0.2) is 0 Å². The van der Waals surface area contributed by atoms with Crippen LogP contribution in [0.4, 0.5) is 4.79 Å². The Hall–Kier alpha value is -0.810. The smallest absolute Gasteiger partial charge is 0.407 e. The summed E-state index contributed by atoms with van der Waals surface area (Å²) < 4.78 is 5.33. The van der Waals surface area contributed by atoms with Crippen LogP contribution in [0.1, 0.15) is 72.6 Å². The van der Waals surface area contributed by atoms with Crippen LogP contribution >= 0.6 is 0 Å². The Morgan fingerprint density at radius 1 is 1.26 bits per heavy atom. The van der Waals surface area contributed by atoms with Crippen LogP contribution in [0.25, 0.3) is 0 Å². The van der Waals surface area contributed by atoms with E-state index in [1.165, 1.54) is 19.3 Å². The fourth-order valence-corrected chi connectivity index (χ4v) is 3.20. The lowest BCUT2D eigenvalue weighted by Gasteiger charge is -2.31. The molecule has 1 saturated carbocycles. The third kappa shape index (κ3) is 8.56. The highest BCUT2D eigenvalue weighted by atomic mass is 16.6. The molecule has 5 nitrogen and oxygen atoms in total. The maximum absolute atomic E-state index is 12.1. The minimum absolute atomic E-state index is 0.0132. The van der Waals surface area contributed by atoms with Crippen LogP contribution in [0.15, 0.2) is 0 Å². The van der Waals surface area contributed by atoms with Crippen LogP contribution in [0.5, 0.6) is 0 Å². The highest BCUT2D eigenvalue weighted by molar-refractivity contribution is 5.68. The molecular formula is C18H35NO4. The van der Waals surface area contributed by atoms with Crippen LogP contribution in [-0.2, 0) is 4.74 Å². The summed E-state index contributed by atoms with van der Waals surface area (Å²) in [5.41, 5.74) is -0.553. The average molecular weight is 329 g/mol. The molecule has 3 N–H and O–H groups in total. The maximum atomic E-state index is 12.1. The summed E-state index contributed by atoms with van der Waals surface area (Å²) in [6, 6.07) is -0.318. The van der Waals surface area contributed by atoms with Crippen LogP contribution in [0, 0.1) is 11.8 Å². The fraction of sp³-hybridized carbons (Fsp3) is 0.944. The van der Waals surface area contributed by atoms with Crippen molar-refractivity contribution in [2.75, 3.05) is 6.61 Å². The van der Waals surface area contributed by atoms with Crippen molar-refractivity contribution in [2.24, 2.45) is 11.8 Å². The first-order valence-electron chi connectivity index (χ1n) is 8.99. The number of aliphatic hydroxyl groups is 2. The predicted molar refractivity (Wildman–Crippen MR) is 91.2 cm³/mol. The standard InChI is InChI=1S/C18H35NO4/c1-13(12-20)10-16(21)15(11-14-8-6-5-7-9-14)19-17(22)23-18(2,3)4/h13-16,20-21H,5-12H2,1-4H3,(H,19,22)/t13-,15+,16+/m1/s1. The second kappa shape index (κ2) is 9.48. The molecule has 0 aromatic rings. The third-order valence-corrected chi connectivity index (χ3v) is 4.43. The summed E-state index contributed by atoms with van der Waals surface area (Å²) in [6.45, 7) is 7.42. The Kier molecular flexibility index (Phi) is 8.34. The van der Waals surface area contributed by atoms with Gasteiger partial charge in [-0.05, 0) is 45.4 Å². The maximum Gasteiger partial charge on any atom is 0.407 e. The van der Waals surface area contributed by atoms with Gasteiger partial charge >= 0.3 is 6.09 Å². The number of rotatable bonds is 7. The second-order valence-corrected chi connectivity index (χ2v) is 8.08. The number of hydrogen-bond donors (Lipinski definition) is 3.